The van der Waals surface area contributed by atoms with Crippen molar-refractivity contribution in [2.75, 3.05) is 18.8 Å². The summed E-state index contributed by atoms with van der Waals surface area (Å²) in [5, 5.41) is 11.3. The van der Waals surface area contributed by atoms with Crippen molar-refractivity contribution < 1.29 is 41.3 Å². The van der Waals surface area contributed by atoms with Gasteiger partial charge in [0.05, 0.1) is 12.1 Å². The van der Waals surface area contributed by atoms with Crippen LogP contribution in [0, 0.1) is 5.92 Å². The van der Waals surface area contributed by atoms with E-state index in [4.69, 9.17) is 10.5 Å². The van der Waals surface area contributed by atoms with E-state index in [9.17, 15) is 36.6 Å². The van der Waals surface area contributed by atoms with Crippen LogP contribution in [0.15, 0.2) is 65.7 Å². The first-order valence-electron chi connectivity index (χ1n) is 14.0. The van der Waals surface area contributed by atoms with E-state index < -0.39 is 53.1 Å². The molecular formula is C30H31F5N4O5. The van der Waals surface area contributed by atoms with E-state index in [-0.39, 0.29) is 62.9 Å². The number of alkyl halides is 5. The molecule has 1 amide bonds. The Labute approximate surface area is 249 Å². The number of amides is 1. The van der Waals surface area contributed by atoms with E-state index in [2.05, 4.69) is 9.72 Å². The molecule has 2 fully saturated rings. The third kappa shape index (κ3) is 7.29. The lowest BCUT2D eigenvalue weighted by Gasteiger charge is -2.42. The van der Waals surface area contributed by atoms with Crippen LogP contribution in [0.2, 0.25) is 0 Å². The van der Waals surface area contributed by atoms with Gasteiger partial charge in [0.25, 0.3) is 5.56 Å². The molecule has 1 aromatic heterocycles. The van der Waals surface area contributed by atoms with Crippen LogP contribution < -0.4 is 20.8 Å². The first-order chi connectivity index (χ1) is 20.7. The predicted molar refractivity (Wildman–Crippen MR) is 148 cm³/mol. The van der Waals surface area contributed by atoms with Gasteiger partial charge in [-0.05, 0) is 37.0 Å². The molecule has 236 valence electrons. The fraction of sp³-hybridized carbons (Fsp3) is 0.433. The van der Waals surface area contributed by atoms with Crippen molar-refractivity contribution in [3.8, 4) is 17.4 Å². The van der Waals surface area contributed by atoms with Gasteiger partial charge in [-0.3, -0.25) is 14.2 Å². The monoisotopic (exact) mass is 622 g/mol. The third-order valence-corrected chi connectivity index (χ3v) is 8.13. The molecule has 0 spiro atoms. The number of anilines is 1. The molecule has 2 atom stereocenters. The highest BCUT2D eigenvalue weighted by Crippen LogP contribution is 2.46. The van der Waals surface area contributed by atoms with Crippen LogP contribution in [0.5, 0.6) is 17.4 Å². The Kier molecular flexibility index (Phi) is 8.56. The number of rotatable bonds is 7. The smallest absolute Gasteiger partial charge is 0.437 e. The molecule has 5 rings (SSSR count). The second kappa shape index (κ2) is 12.1. The number of hydrogen-bond donors (Lipinski definition) is 2. The van der Waals surface area contributed by atoms with Gasteiger partial charge in [-0.1, -0.05) is 36.4 Å². The fourth-order valence-corrected chi connectivity index (χ4v) is 5.86. The summed E-state index contributed by atoms with van der Waals surface area (Å²) in [5.74, 6) is -5.29. The predicted octanol–water partition coefficient (Wildman–Crippen LogP) is 5.09. The third-order valence-electron chi connectivity index (χ3n) is 8.13. The van der Waals surface area contributed by atoms with Crippen LogP contribution >= 0.6 is 0 Å². The lowest BCUT2D eigenvalue weighted by atomic mass is 9.73. The van der Waals surface area contributed by atoms with E-state index in [0.717, 1.165) is 23.0 Å². The number of carbonyl (C=O) groups is 1. The van der Waals surface area contributed by atoms with E-state index in [1.54, 1.807) is 35.2 Å². The largest absolute Gasteiger partial charge is 0.573 e. The Morgan fingerprint density at radius 2 is 1.73 bits per heavy atom. The van der Waals surface area contributed by atoms with E-state index in [0.29, 0.717) is 5.56 Å². The number of benzene rings is 2. The quantitative estimate of drug-likeness (QED) is 0.353. The molecule has 1 saturated heterocycles. The number of carbonyl (C=O) groups excluding carboxylic acids is 1. The summed E-state index contributed by atoms with van der Waals surface area (Å²) in [6, 6.07) is 13.4. The van der Waals surface area contributed by atoms with Crippen LogP contribution in [-0.4, -0.2) is 56.4 Å². The van der Waals surface area contributed by atoms with Gasteiger partial charge in [-0.2, -0.15) is 0 Å². The molecule has 2 aromatic carbocycles. The van der Waals surface area contributed by atoms with Gasteiger partial charge in [0.1, 0.15) is 17.8 Å². The van der Waals surface area contributed by atoms with Crippen LogP contribution in [0.1, 0.15) is 43.6 Å². The van der Waals surface area contributed by atoms with Crippen LogP contribution in [0.3, 0.4) is 0 Å². The van der Waals surface area contributed by atoms with E-state index in [1.165, 1.54) is 12.1 Å². The summed E-state index contributed by atoms with van der Waals surface area (Å²) in [5.41, 5.74) is 4.06. The van der Waals surface area contributed by atoms with Crippen molar-refractivity contribution in [3.63, 3.8) is 0 Å². The maximum Gasteiger partial charge on any atom is 0.573 e. The molecule has 2 heterocycles. The molecule has 0 radical (unpaired) electrons. The minimum atomic E-state index is -4.90. The summed E-state index contributed by atoms with van der Waals surface area (Å²) >= 11 is 0. The summed E-state index contributed by atoms with van der Waals surface area (Å²) in [6.07, 6.45) is -4.28. The molecule has 1 saturated carbocycles. The zero-order chi connectivity index (χ0) is 31.7. The van der Waals surface area contributed by atoms with Crippen LogP contribution in [-0.2, 0) is 11.3 Å². The van der Waals surface area contributed by atoms with Gasteiger partial charge in [0.15, 0.2) is 5.69 Å². The highest BCUT2D eigenvalue weighted by Gasteiger charge is 2.46. The number of nitrogens with zero attached hydrogens (tertiary/aromatic N) is 3. The summed E-state index contributed by atoms with van der Waals surface area (Å²) in [4.78, 5) is 32.1. The number of piperidine rings is 1. The highest BCUT2D eigenvalue weighted by atomic mass is 19.4. The number of aliphatic hydroxyl groups is 1. The van der Waals surface area contributed by atoms with Gasteiger partial charge in [0.2, 0.25) is 17.7 Å². The maximum atomic E-state index is 14.3. The molecule has 1 aliphatic carbocycles. The Morgan fingerprint density at radius 1 is 1.05 bits per heavy atom. The van der Waals surface area contributed by atoms with Gasteiger partial charge in [0, 0.05) is 43.8 Å². The molecule has 0 bridgehead atoms. The second-order valence-corrected chi connectivity index (χ2v) is 11.3. The Balaban J connectivity index is 1.23. The second-order valence-electron chi connectivity index (χ2n) is 11.3. The minimum absolute atomic E-state index is 0.0561. The zero-order valence-electron chi connectivity index (χ0n) is 23.5. The summed E-state index contributed by atoms with van der Waals surface area (Å²) < 4.78 is 76.7. The number of halogens is 5. The SMILES string of the molecule is Nc1c(Oc2cccc(OC(F)(F)F)c2)ncn(CC2(O)CCN(C(=O)[C@@H]3CCC(F)(F)C[C@H]3c3ccccc3)CC2)c1=O. The molecular weight excluding hydrogens is 591 g/mol. The molecule has 3 N–H and O–H groups in total. The number of ether oxygens (including phenoxy) is 2. The molecule has 2 aliphatic rings. The lowest BCUT2D eigenvalue weighted by Crippen LogP contribution is -2.52. The maximum absolute atomic E-state index is 14.3. The van der Waals surface area contributed by atoms with Crippen molar-refractivity contribution in [3.05, 3.63) is 76.8 Å². The molecule has 9 nitrogen and oxygen atoms in total. The average Bonchev–Trinajstić information content (AvgIpc) is 2.96. The van der Waals surface area contributed by atoms with Crippen molar-refractivity contribution in [2.24, 2.45) is 5.92 Å². The van der Waals surface area contributed by atoms with Crippen molar-refractivity contribution in [1.29, 1.82) is 0 Å². The molecule has 3 aromatic rings. The first-order valence-corrected chi connectivity index (χ1v) is 14.0. The number of hydrogen-bond acceptors (Lipinski definition) is 7. The lowest BCUT2D eigenvalue weighted by molar-refractivity contribution is -0.274. The molecule has 44 heavy (non-hydrogen) atoms. The first kappa shape index (κ1) is 31.2. The standard InChI is InChI=1S/C30H31F5N4O5/c31-29(32)10-9-22(23(16-29)19-5-2-1-3-6-19)26(40)38-13-11-28(42,12-14-38)17-39-18-37-25(24(36)27(39)41)43-20-7-4-8-21(15-20)44-30(33,34)35/h1-8,15,18,22-23,42H,9-14,16-17,36H2/t22-,23+/m1/s1. The number of nitrogen functional groups attached to an aromatic ring is 1. The Morgan fingerprint density at radius 3 is 2.41 bits per heavy atom. The molecule has 1 aliphatic heterocycles. The van der Waals surface area contributed by atoms with Gasteiger partial charge in [-0.15, -0.1) is 13.2 Å². The summed E-state index contributed by atoms with van der Waals surface area (Å²) in [6.45, 7) is 0.139. The normalized spacial score (nSPS) is 21.5. The molecule has 0 unspecified atom stereocenters. The van der Waals surface area contributed by atoms with Crippen molar-refractivity contribution in [1.82, 2.24) is 14.5 Å². The van der Waals surface area contributed by atoms with E-state index >= 15 is 0 Å². The Bertz CT molecular complexity index is 1540. The average molecular weight is 623 g/mol. The molecule has 14 heteroatoms. The number of nitrogens with two attached hydrogens (primary N) is 1. The van der Waals surface area contributed by atoms with Crippen molar-refractivity contribution >= 4 is 11.6 Å². The van der Waals surface area contributed by atoms with E-state index in [1.807, 2.05) is 0 Å². The van der Waals surface area contributed by atoms with Gasteiger partial charge < -0.3 is 25.2 Å². The highest BCUT2D eigenvalue weighted by molar-refractivity contribution is 5.80. The van der Waals surface area contributed by atoms with Crippen LogP contribution in [0.25, 0.3) is 0 Å². The minimum Gasteiger partial charge on any atom is -0.437 e. The zero-order valence-corrected chi connectivity index (χ0v) is 23.5. The van der Waals surface area contributed by atoms with Crippen molar-refractivity contribution in [2.45, 2.75) is 62.5 Å². The summed E-state index contributed by atoms with van der Waals surface area (Å²) in [7, 11) is 0. The van der Waals surface area contributed by atoms with Gasteiger partial charge in [-0.25, -0.2) is 13.8 Å². The Hall–Kier alpha value is -4.20. The number of aromatic nitrogens is 2. The number of likely N-dealkylation sites (tertiary alicyclic amines) is 1. The van der Waals surface area contributed by atoms with Gasteiger partial charge >= 0.3 is 6.36 Å². The fourth-order valence-electron chi connectivity index (χ4n) is 5.86. The van der Waals surface area contributed by atoms with Crippen LogP contribution in [0.4, 0.5) is 27.6 Å². The topological polar surface area (TPSA) is 120 Å².